The average Bonchev–Trinajstić information content (AvgIpc) is 2.87. The lowest BCUT2D eigenvalue weighted by Gasteiger charge is -2.31. The molecule has 2 aromatic rings. The van der Waals surface area contributed by atoms with E-state index in [1.165, 1.54) is 6.42 Å². The fraction of sp³-hybridized carbons (Fsp3) is 0.500. The van der Waals surface area contributed by atoms with E-state index >= 15 is 0 Å². The van der Waals surface area contributed by atoms with Crippen molar-refractivity contribution in [3.05, 3.63) is 29.7 Å². The standard InChI is InChI=1S/C16H23N5O2S/c1-11-5-4-8-21(10-11)15-7-6-14(9-17-15)20-24(22,23)16-12(2)18-19-13(16)3/h6-7,9,11,20H,4-5,8,10H2,1-3H3,(H,18,19). The van der Waals surface area contributed by atoms with Gasteiger partial charge in [-0.2, -0.15) is 5.10 Å². The van der Waals surface area contributed by atoms with Crippen molar-refractivity contribution in [2.24, 2.45) is 5.92 Å². The van der Waals surface area contributed by atoms with Crippen LogP contribution in [0.1, 0.15) is 31.2 Å². The smallest absolute Gasteiger partial charge is 0.265 e. The zero-order valence-corrected chi connectivity index (χ0v) is 15.0. The molecule has 1 fully saturated rings. The van der Waals surface area contributed by atoms with E-state index in [1.54, 1.807) is 26.1 Å². The Morgan fingerprint density at radius 1 is 1.33 bits per heavy atom. The second-order valence-corrected chi connectivity index (χ2v) is 8.09. The summed E-state index contributed by atoms with van der Waals surface area (Å²) in [4.78, 5) is 6.86. The maximum atomic E-state index is 12.5. The summed E-state index contributed by atoms with van der Waals surface area (Å²) < 4.78 is 27.6. The lowest BCUT2D eigenvalue weighted by atomic mass is 10.0. The normalized spacial score (nSPS) is 18.6. The van der Waals surface area contributed by atoms with Gasteiger partial charge in [-0.1, -0.05) is 6.92 Å². The number of H-pyrrole nitrogens is 1. The van der Waals surface area contributed by atoms with Gasteiger partial charge in [-0.05, 0) is 44.7 Å². The van der Waals surface area contributed by atoms with Crippen LogP contribution in [0.4, 0.5) is 11.5 Å². The van der Waals surface area contributed by atoms with Crippen LogP contribution in [0.25, 0.3) is 0 Å². The fourth-order valence-electron chi connectivity index (χ4n) is 3.17. The predicted molar refractivity (Wildman–Crippen MR) is 93.7 cm³/mol. The molecule has 0 radical (unpaired) electrons. The van der Waals surface area contributed by atoms with E-state index in [9.17, 15) is 8.42 Å². The minimum Gasteiger partial charge on any atom is -0.356 e. The molecule has 0 amide bonds. The molecule has 1 aliphatic heterocycles. The van der Waals surface area contributed by atoms with Crippen LogP contribution in [-0.4, -0.2) is 36.7 Å². The number of nitrogens with zero attached hydrogens (tertiary/aromatic N) is 3. The van der Waals surface area contributed by atoms with E-state index in [-0.39, 0.29) is 4.90 Å². The molecule has 1 aliphatic rings. The van der Waals surface area contributed by atoms with E-state index < -0.39 is 10.0 Å². The van der Waals surface area contributed by atoms with Gasteiger partial charge in [-0.15, -0.1) is 0 Å². The van der Waals surface area contributed by atoms with Crippen molar-refractivity contribution in [1.82, 2.24) is 15.2 Å². The number of aromatic nitrogens is 3. The van der Waals surface area contributed by atoms with E-state index in [2.05, 4.69) is 31.7 Å². The molecule has 2 aromatic heterocycles. The topological polar surface area (TPSA) is 91.0 Å². The Morgan fingerprint density at radius 2 is 2.12 bits per heavy atom. The minimum absolute atomic E-state index is 0.191. The molecule has 0 bridgehead atoms. The summed E-state index contributed by atoms with van der Waals surface area (Å²) in [5.74, 6) is 1.55. The quantitative estimate of drug-likeness (QED) is 0.885. The van der Waals surface area contributed by atoms with E-state index in [1.807, 2.05) is 6.07 Å². The molecule has 2 N–H and O–H groups in total. The molecule has 0 aromatic carbocycles. The molecule has 3 rings (SSSR count). The lowest BCUT2D eigenvalue weighted by Crippen LogP contribution is -2.34. The maximum Gasteiger partial charge on any atom is 0.265 e. The molecule has 1 atom stereocenters. The third kappa shape index (κ3) is 3.38. The first-order chi connectivity index (χ1) is 11.4. The van der Waals surface area contributed by atoms with E-state index in [4.69, 9.17) is 0 Å². The number of aryl methyl sites for hydroxylation is 2. The van der Waals surface area contributed by atoms with Gasteiger partial charge in [-0.3, -0.25) is 9.82 Å². The van der Waals surface area contributed by atoms with Crippen molar-refractivity contribution in [2.75, 3.05) is 22.7 Å². The average molecular weight is 349 g/mol. The van der Waals surface area contributed by atoms with Gasteiger partial charge < -0.3 is 4.90 Å². The van der Waals surface area contributed by atoms with Crippen LogP contribution in [0.15, 0.2) is 23.2 Å². The first kappa shape index (κ1) is 16.8. The third-order valence-corrected chi connectivity index (χ3v) is 5.95. The summed E-state index contributed by atoms with van der Waals surface area (Å²) in [5, 5.41) is 6.63. The van der Waals surface area contributed by atoms with Crippen molar-refractivity contribution >= 4 is 21.5 Å². The molecule has 3 heterocycles. The highest BCUT2D eigenvalue weighted by Crippen LogP contribution is 2.24. The molecule has 7 nitrogen and oxygen atoms in total. The van der Waals surface area contributed by atoms with Crippen LogP contribution in [-0.2, 0) is 10.0 Å². The van der Waals surface area contributed by atoms with Crippen LogP contribution in [0.3, 0.4) is 0 Å². The van der Waals surface area contributed by atoms with Crippen LogP contribution in [0.2, 0.25) is 0 Å². The van der Waals surface area contributed by atoms with Crippen molar-refractivity contribution in [3.8, 4) is 0 Å². The first-order valence-electron chi connectivity index (χ1n) is 8.12. The molecule has 0 saturated carbocycles. The van der Waals surface area contributed by atoms with Gasteiger partial charge in [0.05, 0.1) is 23.3 Å². The number of hydrogen-bond acceptors (Lipinski definition) is 5. The largest absolute Gasteiger partial charge is 0.356 e. The number of piperidine rings is 1. The molecular weight excluding hydrogens is 326 g/mol. The Hall–Kier alpha value is -2.09. The molecule has 0 aliphatic carbocycles. The summed E-state index contributed by atoms with van der Waals surface area (Å²) in [6.45, 7) is 7.58. The van der Waals surface area contributed by atoms with Crippen LogP contribution >= 0.6 is 0 Å². The second kappa shape index (κ2) is 6.43. The Kier molecular flexibility index (Phi) is 4.49. The SMILES string of the molecule is Cc1n[nH]c(C)c1S(=O)(=O)Nc1ccc(N2CCCC(C)C2)nc1. The molecule has 0 spiro atoms. The zero-order chi connectivity index (χ0) is 17.3. The number of sulfonamides is 1. The lowest BCUT2D eigenvalue weighted by molar-refractivity contribution is 0.444. The molecule has 24 heavy (non-hydrogen) atoms. The van der Waals surface area contributed by atoms with Crippen molar-refractivity contribution < 1.29 is 8.42 Å². The summed E-state index contributed by atoms with van der Waals surface area (Å²) in [6, 6.07) is 3.62. The zero-order valence-electron chi connectivity index (χ0n) is 14.2. The van der Waals surface area contributed by atoms with Gasteiger partial charge >= 0.3 is 0 Å². The van der Waals surface area contributed by atoms with Gasteiger partial charge in [-0.25, -0.2) is 13.4 Å². The minimum atomic E-state index is -3.68. The van der Waals surface area contributed by atoms with Gasteiger partial charge in [0, 0.05) is 13.1 Å². The summed E-state index contributed by atoms with van der Waals surface area (Å²) in [7, 11) is -3.68. The Balaban J connectivity index is 1.77. The number of nitrogens with one attached hydrogen (secondary N) is 2. The monoisotopic (exact) mass is 349 g/mol. The molecule has 8 heteroatoms. The highest BCUT2D eigenvalue weighted by molar-refractivity contribution is 7.92. The van der Waals surface area contributed by atoms with Crippen LogP contribution < -0.4 is 9.62 Å². The number of pyridine rings is 1. The molecular formula is C16H23N5O2S. The summed E-state index contributed by atoms with van der Waals surface area (Å²) in [5.41, 5.74) is 1.42. The maximum absolute atomic E-state index is 12.5. The second-order valence-electron chi connectivity index (χ2n) is 6.47. The predicted octanol–water partition coefficient (Wildman–Crippen LogP) is 2.46. The van der Waals surface area contributed by atoms with E-state index in [0.29, 0.717) is 23.0 Å². The summed E-state index contributed by atoms with van der Waals surface area (Å²) in [6.07, 6.45) is 3.98. The summed E-state index contributed by atoms with van der Waals surface area (Å²) >= 11 is 0. The Bertz CT molecular complexity index is 794. The van der Waals surface area contributed by atoms with Crippen molar-refractivity contribution in [2.45, 2.75) is 38.5 Å². The number of hydrogen-bond donors (Lipinski definition) is 2. The number of rotatable bonds is 4. The first-order valence-corrected chi connectivity index (χ1v) is 9.60. The fourth-order valence-corrected chi connectivity index (χ4v) is 4.59. The van der Waals surface area contributed by atoms with Crippen molar-refractivity contribution in [1.29, 1.82) is 0 Å². The molecule has 1 saturated heterocycles. The van der Waals surface area contributed by atoms with Crippen LogP contribution in [0.5, 0.6) is 0 Å². The number of anilines is 2. The van der Waals surface area contributed by atoms with Gasteiger partial charge in [0.1, 0.15) is 10.7 Å². The Labute approximate surface area is 142 Å². The third-order valence-electron chi connectivity index (χ3n) is 4.31. The Morgan fingerprint density at radius 3 is 2.71 bits per heavy atom. The molecule has 130 valence electrons. The van der Waals surface area contributed by atoms with E-state index in [0.717, 1.165) is 25.3 Å². The number of aromatic amines is 1. The van der Waals surface area contributed by atoms with Crippen LogP contribution in [0, 0.1) is 19.8 Å². The van der Waals surface area contributed by atoms with Gasteiger partial charge in [0.15, 0.2) is 0 Å². The molecule has 1 unspecified atom stereocenters. The van der Waals surface area contributed by atoms with Crippen molar-refractivity contribution in [3.63, 3.8) is 0 Å². The highest BCUT2D eigenvalue weighted by atomic mass is 32.2. The van der Waals surface area contributed by atoms with Gasteiger partial charge in [0.25, 0.3) is 10.0 Å². The van der Waals surface area contributed by atoms with Gasteiger partial charge in [0.2, 0.25) is 0 Å². The highest BCUT2D eigenvalue weighted by Gasteiger charge is 2.23.